The van der Waals surface area contributed by atoms with Gasteiger partial charge >= 0.3 is 0 Å². The first-order valence-corrected chi connectivity index (χ1v) is 9.77. The SMILES string of the molecule is Cc1nn(-c2ccccc2)c(Cl)c1C(=O)NCCCOc1ccc(Cl)cc1Cl. The Hall–Kier alpha value is -2.21. The quantitative estimate of drug-likeness (QED) is 0.507. The van der Waals surface area contributed by atoms with Gasteiger partial charge in [0.25, 0.3) is 5.91 Å². The summed E-state index contributed by atoms with van der Waals surface area (Å²) in [6.07, 6.45) is 0.605. The van der Waals surface area contributed by atoms with Crippen LogP contribution in [0.1, 0.15) is 22.5 Å². The fourth-order valence-corrected chi connectivity index (χ4v) is 3.46. The van der Waals surface area contributed by atoms with Crippen molar-refractivity contribution in [1.82, 2.24) is 15.1 Å². The van der Waals surface area contributed by atoms with Gasteiger partial charge in [0.1, 0.15) is 10.9 Å². The van der Waals surface area contributed by atoms with E-state index in [1.54, 1.807) is 29.8 Å². The van der Waals surface area contributed by atoms with E-state index in [0.717, 1.165) is 5.69 Å². The maximum absolute atomic E-state index is 12.5. The lowest BCUT2D eigenvalue weighted by Crippen LogP contribution is -2.26. The summed E-state index contributed by atoms with van der Waals surface area (Å²) in [5.41, 5.74) is 1.73. The highest BCUT2D eigenvalue weighted by molar-refractivity contribution is 6.35. The van der Waals surface area contributed by atoms with E-state index in [1.165, 1.54) is 0 Å². The molecule has 0 aliphatic heterocycles. The zero-order valence-electron chi connectivity index (χ0n) is 15.1. The highest BCUT2D eigenvalue weighted by Gasteiger charge is 2.20. The van der Waals surface area contributed by atoms with Crippen molar-refractivity contribution >= 4 is 40.7 Å². The Labute approximate surface area is 178 Å². The molecule has 0 aliphatic carbocycles. The molecule has 0 aliphatic rings. The number of amides is 1. The Morgan fingerprint density at radius 1 is 1.14 bits per heavy atom. The van der Waals surface area contributed by atoms with Gasteiger partial charge in [-0.3, -0.25) is 4.79 Å². The van der Waals surface area contributed by atoms with E-state index in [9.17, 15) is 4.79 Å². The summed E-state index contributed by atoms with van der Waals surface area (Å²) in [7, 11) is 0. The second-order valence-corrected chi connectivity index (χ2v) is 7.23. The van der Waals surface area contributed by atoms with Crippen LogP contribution in [-0.2, 0) is 0 Å². The van der Waals surface area contributed by atoms with Crippen molar-refractivity contribution < 1.29 is 9.53 Å². The van der Waals surface area contributed by atoms with Crippen LogP contribution in [0.2, 0.25) is 15.2 Å². The predicted octanol–water partition coefficient (Wildman–Crippen LogP) is 5.34. The minimum absolute atomic E-state index is 0.269. The van der Waals surface area contributed by atoms with Crippen molar-refractivity contribution in [3.05, 3.63) is 75.0 Å². The molecule has 8 heteroatoms. The third-order valence-corrected chi connectivity index (χ3v) is 4.87. The molecule has 0 fully saturated rings. The molecule has 0 saturated carbocycles. The van der Waals surface area contributed by atoms with Gasteiger partial charge in [-0.25, -0.2) is 4.68 Å². The van der Waals surface area contributed by atoms with Crippen LogP contribution in [0.15, 0.2) is 48.5 Å². The number of carbonyl (C=O) groups excluding carboxylic acids is 1. The van der Waals surface area contributed by atoms with E-state index >= 15 is 0 Å². The van der Waals surface area contributed by atoms with Crippen molar-refractivity contribution in [2.45, 2.75) is 13.3 Å². The Balaban J connectivity index is 1.55. The standard InChI is InChI=1S/C20H18Cl3N3O2/c1-13-18(19(23)26(25-13)15-6-3-2-4-7-15)20(27)24-10-5-11-28-17-9-8-14(21)12-16(17)22/h2-4,6-9,12H,5,10-11H2,1H3,(H,24,27). The predicted molar refractivity (Wildman–Crippen MR) is 112 cm³/mol. The third-order valence-electron chi connectivity index (χ3n) is 3.99. The van der Waals surface area contributed by atoms with Crippen LogP contribution in [0, 0.1) is 6.92 Å². The Morgan fingerprint density at radius 2 is 1.89 bits per heavy atom. The number of rotatable bonds is 7. The van der Waals surface area contributed by atoms with Crippen molar-refractivity contribution in [1.29, 1.82) is 0 Å². The van der Waals surface area contributed by atoms with Crippen LogP contribution in [0.4, 0.5) is 0 Å². The summed E-state index contributed by atoms with van der Waals surface area (Å²) >= 11 is 18.3. The van der Waals surface area contributed by atoms with Crippen LogP contribution in [0.5, 0.6) is 5.75 Å². The number of halogens is 3. The van der Waals surface area contributed by atoms with Crippen molar-refractivity contribution in [2.75, 3.05) is 13.2 Å². The maximum Gasteiger partial charge on any atom is 0.256 e. The maximum atomic E-state index is 12.5. The molecule has 1 heterocycles. The minimum Gasteiger partial charge on any atom is -0.492 e. The average Bonchev–Trinajstić information content (AvgIpc) is 2.98. The van der Waals surface area contributed by atoms with E-state index < -0.39 is 0 Å². The van der Waals surface area contributed by atoms with Gasteiger partial charge in [0.2, 0.25) is 0 Å². The normalized spacial score (nSPS) is 10.7. The summed E-state index contributed by atoms with van der Waals surface area (Å²) in [6.45, 7) is 2.58. The Bertz CT molecular complexity index is 974. The molecule has 3 aromatic rings. The topological polar surface area (TPSA) is 56.2 Å². The van der Waals surface area contributed by atoms with Crippen LogP contribution in [-0.4, -0.2) is 28.8 Å². The smallest absolute Gasteiger partial charge is 0.256 e. The molecule has 0 atom stereocenters. The fraction of sp³-hybridized carbons (Fsp3) is 0.200. The fourth-order valence-electron chi connectivity index (χ4n) is 2.63. The van der Waals surface area contributed by atoms with Gasteiger partial charge < -0.3 is 10.1 Å². The number of para-hydroxylation sites is 1. The number of carbonyl (C=O) groups is 1. The Morgan fingerprint density at radius 3 is 2.61 bits per heavy atom. The molecule has 1 N–H and O–H groups in total. The largest absolute Gasteiger partial charge is 0.492 e. The summed E-state index contributed by atoms with van der Waals surface area (Å²) in [5, 5.41) is 8.50. The lowest BCUT2D eigenvalue weighted by Gasteiger charge is -2.09. The molecule has 0 spiro atoms. The van der Waals surface area contributed by atoms with Gasteiger partial charge in [-0.15, -0.1) is 0 Å². The van der Waals surface area contributed by atoms with Gasteiger partial charge in [0, 0.05) is 11.6 Å². The first kappa shape index (κ1) is 20.5. The molecule has 28 heavy (non-hydrogen) atoms. The van der Waals surface area contributed by atoms with Gasteiger partial charge in [0.15, 0.2) is 0 Å². The number of nitrogens with one attached hydrogen (secondary N) is 1. The molecule has 2 aromatic carbocycles. The second kappa shape index (κ2) is 9.32. The number of hydrogen-bond donors (Lipinski definition) is 1. The van der Waals surface area contributed by atoms with Gasteiger partial charge in [-0.05, 0) is 43.7 Å². The van der Waals surface area contributed by atoms with Crippen LogP contribution in [0.3, 0.4) is 0 Å². The third kappa shape index (κ3) is 4.79. The number of nitrogens with zero attached hydrogens (tertiary/aromatic N) is 2. The van der Waals surface area contributed by atoms with E-state index in [0.29, 0.717) is 46.6 Å². The monoisotopic (exact) mass is 437 g/mol. The number of aromatic nitrogens is 2. The zero-order chi connectivity index (χ0) is 20.1. The summed E-state index contributed by atoms with van der Waals surface area (Å²) in [4.78, 5) is 12.5. The van der Waals surface area contributed by atoms with Gasteiger partial charge in [0.05, 0.1) is 28.6 Å². The molecule has 1 aromatic heterocycles. The summed E-state index contributed by atoms with van der Waals surface area (Å²) in [6, 6.07) is 14.5. The average molecular weight is 439 g/mol. The van der Waals surface area contributed by atoms with E-state index in [1.807, 2.05) is 30.3 Å². The van der Waals surface area contributed by atoms with Crippen LogP contribution < -0.4 is 10.1 Å². The molecule has 0 saturated heterocycles. The van der Waals surface area contributed by atoms with E-state index in [2.05, 4.69) is 10.4 Å². The van der Waals surface area contributed by atoms with Crippen LogP contribution in [0.25, 0.3) is 5.69 Å². The lowest BCUT2D eigenvalue weighted by atomic mass is 10.2. The summed E-state index contributed by atoms with van der Waals surface area (Å²) < 4.78 is 7.16. The molecule has 5 nitrogen and oxygen atoms in total. The van der Waals surface area contributed by atoms with Gasteiger partial charge in [-0.2, -0.15) is 5.10 Å². The molecule has 146 valence electrons. The first-order valence-electron chi connectivity index (χ1n) is 8.64. The molecule has 0 radical (unpaired) electrons. The second-order valence-electron chi connectivity index (χ2n) is 6.03. The van der Waals surface area contributed by atoms with Crippen molar-refractivity contribution in [3.8, 4) is 11.4 Å². The van der Waals surface area contributed by atoms with Crippen molar-refractivity contribution in [2.24, 2.45) is 0 Å². The molecule has 3 rings (SSSR count). The highest BCUT2D eigenvalue weighted by Crippen LogP contribution is 2.27. The first-order chi connectivity index (χ1) is 13.5. The Kier molecular flexibility index (Phi) is 6.83. The highest BCUT2D eigenvalue weighted by atomic mass is 35.5. The molecular formula is C20H18Cl3N3O2. The molecule has 0 unspecified atom stereocenters. The number of aryl methyl sites for hydroxylation is 1. The molecular weight excluding hydrogens is 421 g/mol. The number of ether oxygens (including phenoxy) is 1. The van der Waals surface area contributed by atoms with Crippen molar-refractivity contribution in [3.63, 3.8) is 0 Å². The number of hydrogen-bond acceptors (Lipinski definition) is 3. The lowest BCUT2D eigenvalue weighted by molar-refractivity contribution is 0.0951. The van der Waals surface area contributed by atoms with E-state index in [-0.39, 0.29) is 11.1 Å². The molecule has 0 bridgehead atoms. The van der Waals surface area contributed by atoms with Gasteiger partial charge in [-0.1, -0.05) is 53.0 Å². The number of benzene rings is 2. The van der Waals surface area contributed by atoms with Crippen LogP contribution >= 0.6 is 34.8 Å². The van der Waals surface area contributed by atoms with E-state index in [4.69, 9.17) is 39.5 Å². The molecule has 1 amide bonds. The minimum atomic E-state index is -0.269. The summed E-state index contributed by atoms with van der Waals surface area (Å²) in [5.74, 6) is 0.287. The zero-order valence-corrected chi connectivity index (χ0v) is 17.4.